The molecular weight excluding hydrogens is 719 g/mol. The van der Waals surface area contributed by atoms with Gasteiger partial charge in [-0.3, -0.25) is 19.4 Å². The van der Waals surface area contributed by atoms with Gasteiger partial charge in [0.1, 0.15) is 22.1 Å². The van der Waals surface area contributed by atoms with E-state index in [0.717, 1.165) is 34.7 Å². The number of fused-ring (bicyclic) bond motifs is 1. The van der Waals surface area contributed by atoms with Crippen molar-refractivity contribution in [2.45, 2.75) is 101 Å². The molecule has 1 N–H and O–H groups in total. The SMILES string of the molecule is CCCC[C@H]1N(C(=O)c2ncccc2C(F)(F)F)CCC[C@@]1(Oc1csc(C(F)(F)F)c1)C(=O)N1CCc2cc(F)ccc2C1CCCCC(=O)O. The van der Waals surface area contributed by atoms with Gasteiger partial charge in [-0.2, -0.15) is 26.3 Å². The number of pyridine rings is 1. The highest BCUT2D eigenvalue weighted by molar-refractivity contribution is 7.10. The molecule has 2 aliphatic heterocycles. The molecule has 1 fully saturated rings. The van der Waals surface area contributed by atoms with Crippen LogP contribution < -0.4 is 4.74 Å². The Labute approximate surface area is 299 Å². The normalized spacial score (nSPS) is 20.8. The number of ether oxygens (including phenoxy) is 1. The van der Waals surface area contributed by atoms with Crippen LogP contribution in [-0.2, 0) is 28.4 Å². The van der Waals surface area contributed by atoms with Crippen molar-refractivity contribution < 1.29 is 55.0 Å². The van der Waals surface area contributed by atoms with Gasteiger partial charge in [0.05, 0.1) is 17.6 Å². The molecule has 0 aliphatic carbocycles. The average Bonchev–Trinajstić information content (AvgIpc) is 3.57. The Bertz CT molecular complexity index is 1760. The van der Waals surface area contributed by atoms with E-state index in [1.54, 1.807) is 6.07 Å². The standard InChI is InChI=1S/C36H38F7N3O5S/c1-2-3-10-28-34(51-24-20-29(52-21-24)36(41,42)43,15-7-17-46(28)32(49)31-26(35(38,39)40)8-6-16-44-31)33(50)45-18-14-22-19-23(37)12-13-25(22)27(45)9-4-5-11-30(47)48/h6,8,12-13,16,19-21,27-28H,2-5,7,9-11,14-15,17-18H2,1H3,(H,47,48)/t27?,28-,34+/m1/s1. The van der Waals surface area contributed by atoms with E-state index < -0.39 is 69.8 Å². The first-order valence-corrected chi connectivity index (χ1v) is 17.9. The van der Waals surface area contributed by atoms with Gasteiger partial charge in [-0.15, -0.1) is 11.3 Å². The maximum absolute atomic E-state index is 15.3. The maximum atomic E-state index is 15.3. The summed E-state index contributed by atoms with van der Waals surface area (Å²) in [6, 6.07) is 4.73. The second kappa shape index (κ2) is 15.8. The number of aliphatic carboxylic acids is 1. The Morgan fingerprint density at radius 2 is 1.77 bits per heavy atom. The molecule has 0 spiro atoms. The minimum Gasteiger partial charge on any atom is -0.481 e. The fraction of sp³-hybridized carbons (Fsp3) is 0.500. The number of alkyl halides is 6. The third-order valence-corrected chi connectivity index (χ3v) is 10.6. The summed E-state index contributed by atoms with van der Waals surface area (Å²) in [6.07, 6.45) is -6.65. The van der Waals surface area contributed by atoms with Gasteiger partial charge in [-0.1, -0.05) is 32.3 Å². The number of benzene rings is 1. The van der Waals surface area contributed by atoms with Crippen LogP contribution in [0.2, 0.25) is 0 Å². The fourth-order valence-corrected chi connectivity index (χ4v) is 7.97. The lowest BCUT2D eigenvalue weighted by atomic mass is 9.78. The number of rotatable bonds is 12. The lowest BCUT2D eigenvalue weighted by Crippen LogP contribution is -2.68. The van der Waals surface area contributed by atoms with Crippen molar-refractivity contribution >= 4 is 29.1 Å². The number of amides is 2. The first-order chi connectivity index (χ1) is 24.6. The number of halogens is 7. The van der Waals surface area contributed by atoms with Gasteiger partial charge in [0.2, 0.25) is 5.60 Å². The molecule has 282 valence electrons. The second-order valence-electron chi connectivity index (χ2n) is 13.0. The molecule has 16 heteroatoms. The van der Waals surface area contributed by atoms with Crippen LogP contribution in [0.15, 0.2) is 48.0 Å². The zero-order valence-corrected chi connectivity index (χ0v) is 29.1. The van der Waals surface area contributed by atoms with Crippen molar-refractivity contribution in [2.24, 2.45) is 0 Å². The van der Waals surface area contributed by atoms with E-state index in [9.17, 15) is 45.4 Å². The summed E-state index contributed by atoms with van der Waals surface area (Å²) in [4.78, 5) is 46.1. The monoisotopic (exact) mass is 757 g/mol. The van der Waals surface area contributed by atoms with Crippen LogP contribution in [0.1, 0.15) is 103 Å². The lowest BCUT2D eigenvalue weighted by molar-refractivity contribution is -0.162. The zero-order chi connectivity index (χ0) is 37.8. The fourth-order valence-electron chi connectivity index (χ4n) is 7.29. The Morgan fingerprint density at radius 1 is 1.00 bits per heavy atom. The number of carbonyl (C=O) groups excluding carboxylic acids is 2. The number of thiophene rings is 1. The highest BCUT2D eigenvalue weighted by Gasteiger charge is 2.57. The van der Waals surface area contributed by atoms with Gasteiger partial charge in [-0.05, 0) is 67.5 Å². The van der Waals surface area contributed by atoms with E-state index in [-0.39, 0.29) is 63.8 Å². The van der Waals surface area contributed by atoms with Crippen LogP contribution in [0, 0.1) is 5.82 Å². The van der Waals surface area contributed by atoms with Crippen molar-refractivity contribution in [1.29, 1.82) is 0 Å². The van der Waals surface area contributed by atoms with E-state index in [1.807, 2.05) is 6.92 Å². The molecule has 3 atom stereocenters. The first kappa shape index (κ1) is 39.0. The topological polar surface area (TPSA) is 100 Å². The molecule has 5 rings (SSSR count). The van der Waals surface area contributed by atoms with Crippen LogP contribution in [0.5, 0.6) is 5.75 Å². The average molecular weight is 758 g/mol. The van der Waals surface area contributed by atoms with Gasteiger partial charge in [0.25, 0.3) is 11.8 Å². The minimum atomic E-state index is -4.93. The maximum Gasteiger partial charge on any atom is 0.425 e. The number of hydrogen-bond donors (Lipinski definition) is 1. The summed E-state index contributed by atoms with van der Waals surface area (Å²) in [7, 11) is 0. The minimum absolute atomic E-state index is 0.0361. The van der Waals surface area contributed by atoms with Crippen LogP contribution in [-0.4, -0.2) is 62.4 Å². The molecule has 1 unspecified atom stereocenters. The molecule has 0 radical (unpaired) electrons. The number of hydrogen-bond acceptors (Lipinski definition) is 6. The van der Waals surface area contributed by atoms with Gasteiger partial charge < -0.3 is 19.6 Å². The Hall–Kier alpha value is -4.21. The number of unbranched alkanes of at least 4 members (excludes halogenated alkanes) is 2. The molecule has 1 saturated heterocycles. The third kappa shape index (κ3) is 8.37. The molecule has 52 heavy (non-hydrogen) atoms. The van der Waals surface area contributed by atoms with Gasteiger partial charge in [-0.25, -0.2) is 4.39 Å². The van der Waals surface area contributed by atoms with E-state index in [1.165, 1.54) is 17.0 Å². The Balaban J connectivity index is 1.63. The third-order valence-electron chi connectivity index (χ3n) is 9.63. The van der Waals surface area contributed by atoms with Gasteiger partial charge >= 0.3 is 18.3 Å². The number of nitrogens with zero attached hydrogens (tertiary/aromatic N) is 3. The first-order valence-electron chi connectivity index (χ1n) is 17.1. The molecule has 8 nitrogen and oxygen atoms in total. The lowest BCUT2D eigenvalue weighted by Gasteiger charge is -2.51. The number of aromatic nitrogens is 1. The molecule has 4 heterocycles. The molecule has 1 aromatic carbocycles. The number of carboxylic acid groups (broad SMARTS) is 1. The Kier molecular flexibility index (Phi) is 11.9. The summed E-state index contributed by atoms with van der Waals surface area (Å²) in [5.74, 6) is -3.56. The smallest absolute Gasteiger partial charge is 0.425 e. The zero-order valence-electron chi connectivity index (χ0n) is 28.2. The summed E-state index contributed by atoms with van der Waals surface area (Å²) in [5.41, 5.74) is -2.95. The molecule has 2 aromatic heterocycles. The van der Waals surface area contributed by atoms with E-state index in [2.05, 4.69) is 4.98 Å². The van der Waals surface area contributed by atoms with Gasteiger partial charge in [0.15, 0.2) is 0 Å². The molecule has 2 aliphatic rings. The van der Waals surface area contributed by atoms with Crippen molar-refractivity contribution in [1.82, 2.24) is 14.8 Å². The van der Waals surface area contributed by atoms with Crippen molar-refractivity contribution in [2.75, 3.05) is 13.1 Å². The van der Waals surface area contributed by atoms with E-state index in [0.29, 0.717) is 41.7 Å². The number of piperidine rings is 1. The van der Waals surface area contributed by atoms with Crippen molar-refractivity contribution in [3.05, 3.63) is 81.1 Å². The molecular formula is C36H38F7N3O5S. The largest absolute Gasteiger partial charge is 0.481 e. The van der Waals surface area contributed by atoms with Crippen LogP contribution in [0.4, 0.5) is 30.7 Å². The van der Waals surface area contributed by atoms with Crippen molar-refractivity contribution in [3.8, 4) is 5.75 Å². The quantitative estimate of drug-likeness (QED) is 0.147. The molecule has 0 bridgehead atoms. The van der Waals surface area contributed by atoms with Gasteiger partial charge in [0, 0.05) is 43.6 Å². The number of carbonyl (C=O) groups is 3. The highest BCUT2D eigenvalue weighted by atomic mass is 32.1. The number of carboxylic acids is 1. The molecule has 2 amide bonds. The predicted molar refractivity (Wildman–Crippen MR) is 176 cm³/mol. The predicted octanol–water partition coefficient (Wildman–Crippen LogP) is 8.70. The summed E-state index contributed by atoms with van der Waals surface area (Å²) < 4.78 is 104. The van der Waals surface area contributed by atoms with Crippen LogP contribution in [0.3, 0.4) is 0 Å². The summed E-state index contributed by atoms with van der Waals surface area (Å²) in [5, 5.41) is 10.3. The highest BCUT2D eigenvalue weighted by Crippen LogP contribution is 2.45. The molecule has 0 saturated carbocycles. The van der Waals surface area contributed by atoms with E-state index in [4.69, 9.17) is 4.74 Å². The number of likely N-dealkylation sites (tertiary alicyclic amines) is 1. The van der Waals surface area contributed by atoms with Crippen molar-refractivity contribution in [3.63, 3.8) is 0 Å². The Morgan fingerprint density at radius 3 is 2.44 bits per heavy atom. The molecule has 3 aromatic rings. The van der Waals surface area contributed by atoms with Crippen LogP contribution in [0.25, 0.3) is 0 Å². The summed E-state index contributed by atoms with van der Waals surface area (Å²) in [6.45, 7) is 1.80. The summed E-state index contributed by atoms with van der Waals surface area (Å²) >= 11 is 0.353. The van der Waals surface area contributed by atoms with Crippen LogP contribution >= 0.6 is 11.3 Å². The second-order valence-corrected chi connectivity index (χ2v) is 14.0. The van der Waals surface area contributed by atoms with E-state index >= 15 is 4.79 Å².